The second kappa shape index (κ2) is 9.22. The van der Waals surface area contributed by atoms with Gasteiger partial charge in [-0.2, -0.15) is 0 Å². The van der Waals surface area contributed by atoms with Gasteiger partial charge in [0, 0.05) is 18.8 Å². The zero-order chi connectivity index (χ0) is 19.1. The van der Waals surface area contributed by atoms with E-state index in [0.717, 1.165) is 12.8 Å². The summed E-state index contributed by atoms with van der Waals surface area (Å²) in [6.45, 7) is 6.58. The number of ether oxygens (including phenoxy) is 1. The van der Waals surface area contributed by atoms with Crippen LogP contribution in [0.3, 0.4) is 0 Å². The van der Waals surface area contributed by atoms with Crippen molar-refractivity contribution in [3.63, 3.8) is 0 Å². The summed E-state index contributed by atoms with van der Waals surface area (Å²) in [5, 5.41) is 5.30. The van der Waals surface area contributed by atoms with Crippen LogP contribution in [0.2, 0.25) is 0 Å². The average molecular weight is 361 g/mol. The summed E-state index contributed by atoms with van der Waals surface area (Å²) in [4.78, 5) is 38.6. The summed E-state index contributed by atoms with van der Waals surface area (Å²) in [6.07, 6.45) is 1.09. The smallest absolute Gasteiger partial charge is 0.329 e. The Morgan fingerprint density at radius 3 is 2.23 bits per heavy atom. The van der Waals surface area contributed by atoms with Crippen molar-refractivity contribution in [2.45, 2.75) is 45.8 Å². The lowest BCUT2D eigenvalue weighted by molar-refractivity contribution is -0.161. The Labute approximate surface area is 154 Å². The molecule has 1 aromatic carbocycles. The molecule has 2 atom stereocenters. The van der Waals surface area contributed by atoms with Gasteiger partial charge in [0.05, 0.1) is 0 Å². The highest BCUT2D eigenvalue weighted by Crippen LogP contribution is 2.13. The number of amides is 3. The van der Waals surface area contributed by atoms with Crippen molar-refractivity contribution in [1.29, 1.82) is 0 Å². The van der Waals surface area contributed by atoms with Crippen LogP contribution in [0.15, 0.2) is 30.3 Å². The van der Waals surface area contributed by atoms with Crippen LogP contribution in [0.25, 0.3) is 0 Å². The van der Waals surface area contributed by atoms with Gasteiger partial charge in [-0.3, -0.25) is 4.79 Å². The van der Waals surface area contributed by atoms with Gasteiger partial charge in [0.15, 0.2) is 6.10 Å². The van der Waals surface area contributed by atoms with Gasteiger partial charge < -0.3 is 20.3 Å². The number of hydrogen-bond donors (Lipinski definition) is 2. The zero-order valence-corrected chi connectivity index (χ0v) is 15.5. The van der Waals surface area contributed by atoms with Gasteiger partial charge in [-0.25, -0.2) is 9.59 Å². The highest BCUT2D eigenvalue weighted by molar-refractivity contribution is 5.93. The van der Waals surface area contributed by atoms with Crippen molar-refractivity contribution in [3.8, 4) is 0 Å². The molecule has 1 fully saturated rings. The highest BCUT2D eigenvalue weighted by Gasteiger charge is 2.31. The number of likely N-dealkylation sites (tertiary alicyclic amines) is 1. The number of carbonyl (C=O) groups is 3. The minimum atomic E-state index is -0.860. The fourth-order valence-corrected chi connectivity index (χ4v) is 2.82. The van der Waals surface area contributed by atoms with Crippen molar-refractivity contribution in [3.05, 3.63) is 30.3 Å². The van der Waals surface area contributed by atoms with E-state index >= 15 is 0 Å². The number of benzene rings is 1. The van der Waals surface area contributed by atoms with Gasteiger partial charge in [0.25, 0.3) is 5.91 Å². The van der Waals surface area contributed by atoms with Gasteiger partial charge in [-0.15, -0.1) is 0 Å². The minimum Gasteiger partial charge on any atom is -0.451 e. The van der Waals surface area contributed by atoms with E-state index in [1.54, 1.807) is 36.1 Å². The third-order valence-corrected chi connectivity index (χ3v) is 4.30. The number of carbonyl (C=O) groups excluding carboxylic acids is 3. The van der Waals surface area contributed by atoms with Crippen molar-refractivity contribution < 1.29 is 19.1 Å². The lowest BCUT2D eigenvalue weighted by Crippen LogP contribution is -2.49. The molecule has 0 aliphatic carbocycles. The minimum absolute atomic E-state index is 0.182. The van der Waals surface area contributed by atoms with Gasteiger partial charge in [-0.05, 0) is 37.8 Å². The number of nitrogens with zero attached hydrogens (tertiary/aromatic N) is 1. The number of rotatable bonds is 6. The van der Waals surface area contributed by atoms with E-state index in [0.29, 0.717) is 18.8 Å². The lowest BCUT2D eigenvalue weighted by atomic mass is 10.0. The summed E-state index contributed by atoms with van der Waals surface area (Å²) >= 11 is 0. The van der Waals surface area contributed by atoms with E-state index in [1.165, 1.54) is 0 Å². The Balaban J connectivity index is 1.91. The molecule has 7 nitrogen and oxygen atoms in total. The summed E-state index contributed by atoms with van der Waals surface area (Å²) in [6, 6.07) is 7.61. The maximum atomic E-state index is 12.5. The second-order valence-corrected chi connectivity index (χ2v) is 6.80. The molecule has 0 radical (unpaired) electrons. The summed E-state index contributed by atoms with van der Waals surface area (Å²) in [5.41, 5.74) is 0.624. The lowest BCUT2D eigenvalue weighted by Gasteiger charge is -2.25. The van der Waals surface area contributed by atoms with Crippen molar-refractivity contribution in [1.82, 2.24) is 10.2 Å². The van der Waals surface area contributed by atoms with Crippen LogP contribution in [-0.2, 0) is 14.3 Å². The predicted molar refractivity (Wildman–Crippen MR) is 98.6 cm³/mol. The summed E-state index contributed by atoms with van der Waals surface area (Å²) < 4.78 is 5.33. The molecule has 0 unspecified atom stereocenters. The van der Waals surface area contributed by atoms with Crippen LogP contribution in [0.1, 0.15) is 33.6 Å². The Hall–Kier alpha value is -2.57. The molecule has 1 aliphatic rings. The SMILES string of the molecule is CC(C)[C@@H](NC(=O)Nc1ccccc1)C(=O)O[C@H](C)C(=O)N1CCCC1. The molecule has 3 amide bonds. The monoisotopic (exact) mass is 361 g/mol. The first-order chi connectivity index (χ1) is 12.4. The molecule has 0 saturated carbocycles. The van der Waals surface area contributed by atoms with E-state index in [4.69, 9.17) is 4.74 Å². The van der Waals surface area contributed by atoms with Gasteiger partial charge in [-0.1, -0.05) is 32.0 Å². The molecule has 0 aromatic heterocycles. The molecule has 142 valence electrons. The molecule has 0 spiro atoms. The van der Waals surface area contributed by atoms with Crippen molar-refractivity contribution >= 4 is 23.6 Å². The first kappa shape index (κ1) is 19.8. The summed E-state index contributed by atoms with van der Waals surface area (Å²) in [5.74, 6) is -0.978. The Bertz CT molecular complexity index is 627. The first-order valence-electron chi connectivity index (χ1n) is 9.00. The number of hydrogen-bond acceptors (Lipinski definition) is 4. The van der Waals surface area contributed by atoms with E-state index < -0.39 is 24.1 Å². The van der Waals surface area contributed by atoms with Crippen LogP contribution < -0.4 is 10.6 Å². The third kappa shape index (κ3) is 5.47. The number of para-hydroxylation sites is 1. The average Bonchev–Trinajstić information content (AvgIpc) is 3.14. The number of nitrogens with one attached hydrogen (secondary N) is 2. The standard InChI is InChI=1S/C19H27N3O4/c1-13(2)16(21-19(25)20-15-9-5-4-6-10-15)18(24)26-14(3)17(23)22-11-7-8-12-22/h4-6,9-10,13-14,16H,7-8,11-12H2,1-3H3,(H2,20,21,25)/t14-,16-/m1/s1. The topological polar surface area (TPSA) is 87.7 Å². The molecule has 1 aromatic rings. The maximum absolute atomic E-state index is 12.5. The van der Waals surface area contributed by atoms with Crippen LogP contribution in [-0.4, -0.2) is 48.0 Å². The van der Waals surface area contributed by atoms with Gasteiger partial charge in [0.2, 0.25) is 0 Å². The largest absolute Gasteiger partial charge is 0.451 e. The Morgan fingerprint density at radius 1 is 1.04 bits per heavy atom. The zero-order valence-electron chi connectivity index (χ0n) is 15.5. The van der Waals surface area contributed by atoms with Gasteiger partial charge >= 0.3 is 12.0 Å². The van der Waals surface area contributed by atoms with Gasteiger partial charge in [0.1, 0.15) is 6.04 Å². The molecular weight excluding hydrogens is 334 g/mol. The van der Waals surface area contributed by atoms with Crippen LogP contribution >= 0.6 is 0 Å². The first-order valence-corrected chi connectivity index (χ1v) is 9.00. The Morgan fingerprint density at radius 2 is 1.65 bits per heavy atom. The van der Waals surface area contributed by atoms with Crippen molar-refractivity contribution in [2.75, 3.05) is 18.4 Å². The molecule has 2 N–H and O–H groups in total. The number of urea groups is 1. The third-order valence-electron chi connectivity index (χ3n) is 4.30. The molecule has 7 heteroatoms. The molecule has 1 saturated heterocycles. The normalized spacial score (nSPS) is 16.1. The number of esters is 1. The molecular formula is C19H27N3O4. The predicted octanol–water partition coefficient (Wildman–Crippen LogP) is 2.39. The van der Waals surface area contributed by atoms with Crippen molar-refractivity contribution in [2.24, 2.45) is 5.92 Å². The number of anilines is 1. The van der Waals surface area contributed by atoms with E-state index in [2.05, 4.69) is 10.6 Å². The van der Waals surface area contributed by atoms with Crippen LogP contribution in [0, 0.1) is 5.92 Å². The van der Waals surface area contributed by atoms with E-state index in [9.17, 15) is 14.4 Å². The molecule has 1 aliphatic heterocycles. The quantitative estimate of drug-likeness (QED) is 0.762. The fourth-order valence-electron chi connectivity index (χ4n) is 2.82. The maximum Gasteiger partial charge on any atom is 0.329 e. The fraction of sp³-hybridized carbons (Fsp3) is 0.526. The molecule has 0 bridgehead atoms. The molecule has 2 rings (SSSR count). The molecule has 26 heavy (non-hydrogen) atoms. The van der Waals surface area contributed by atoms with Crippen LogP contribution in [0.4, 0.5) is 10.5 Å². The highest BCUT2D eigenvalue weighted by atomic mass is 16.5. The second-order valence-electron chi connectivity index (χ2n) is 6.80. The van der Waals surface area contributed by atoms with E-state index in [-0.39, 0.29) is 11.8 Å². The summed E-state index contributed by atoms with van der Waals surface area (Å²) in [7, 11) is 0. The van der Waals surface area contributed by atoms with E-state index in [1.807, 2.05) is 19.9 Å². The Kier molecular flexibility index (Phi) is 7.00. The van der Waals surface area contributed by atoms with Crippen LogP contribution in [0.5, 0.6) is 0 Å². The molecule has 1 heterocycles.